The van der Waals surface area contributed by atoms with Gasteiger partial charge in [0, 0.05) is 11.4 Å². The summed E-state index contributed by atoms with van der Waals surface area (Å²) in [6.07, 6.45) is 0. The highest BCUT2D eigenvalue weighted by Gasteiger charge is 2.38. The summed E-state index contributed by atoms with van der Waals surface area (Å²) < 4.78 is 14.8. The molecule has 0 atom stereocenters. The maximum absolute atomic E-state index is 12.4. The fourth-order valence-electron chi connectivity index (χ4n) is 3.02. The third kappa shape index (κ3) is 3.17. The van der Waals surface area contributed by atoms with Crippen LogP contribution in [0.4, 0.5) is 0 Å². The topological polar surface area (TPSA) is 114 Å². The van der Waals surface area contributed by atoms with Gasteiger partial charge in [-0.3, -0.25) is 0 Å². The summed E-state index contributed by atoms with van der Waals surface area (Å²) in [5, 5.41) is 22.9. The number of ether oxygens (including phenoxy) is 3. The fraction of sp³-hybridized carbons (Fsp3) is 0.333. The Kier molecular flexibility index (Phi) is 5.44. The van der Waals surface area contributed by atoms with Crippen LogP contribution in [0.25, 0.3) is 0 Å². The van der Waals surface area contributed by atoms with E-state index < -0.39 is 29.4 Å². The van der Waals surface area contributed by atoms with Crippen LogP contribution in [-0.4, -0.2) is 43.5 Å². The van der Waals surface area contributed by atoms with Gasteiger partial charge in [0.15, 0.2) is 11.5 Å². The van der Waals surface area contributed by atoms with Gasteiger partial charge in [-0.25, -0.2) is 9.59 Å². The number of nitrogens with one attached hydrogen (secondary N) is 1. The fourth-order valence-corrected chi connectivity index (χ4v) is 3.02. The number of phenolic OH excluding ortho intramolecular Hbond substituents is 2. The van der Waals surface area contributed by atoms with Crippen molar-refractivity contribution in [2.24, 2.45) is 0 Å². The van der Waals surface area contributed by atoms with Crippen LogP contribution >= 0.6 is 0 Å². The number of rotatable bonds is 4. The lowest BCUT2D eigenvalue weighted by atomic mass is 9.80. The number of dihydropyridines is 1. The van der Waals surface area contributed by atoms with E-state index in [1.807, 2.05) is 0 Å². The second kappa shape index (κ2) is 7.38. The monoisotopic (exact) mass is 363 g/mol. The predicted molar refractivity (Wildman–Crippen MR) is 91.6 cm³/mol. The summed E-state index contributed by atoms with van der Waals surface area (Å²) in [5.41, 5.74) is 1.73. The third-order valence-electron chi connectivity index (χ3n) is 4.20. The van der Waals surface area contributed by atoms with Crippen LogP contribution in [0.3, 0.4) is 0 Å². The lowest BCUT2D eigenvalue weighted by Crippen LogP contribution is -2.32. The minimum Gasteiger partial charge on any atom is -0.504 e. The first-order valence-corrected chi connectivity index (χ1v) is 7.71. The second-order valence-electron chi connectivity index (χ2n) is 5.71. The van der Waals surface area contributed by atoms with Crippen molar-refractivity contribution < 1.29 is 34.0 Å². The van der Waals surface area contributed by atoms with Gasteiger partial charge in [-0.1, -0.05) is 0 Å². The number of phenols is 2. The maximum atomic E-state index is 12.4. The van der Waals surface area contributed by atoms with Crippen LogP contribution in [0, 0.1) is 0 Å². The Labute approximate surface area is 150 Å². The van der Waals surface area contributed by atoms with Gasteiger partial charge in [0.2, 0.25) is 5.75 Å². The van der Waals surface area contributed by atoms with E-state index in [1.165, 1.54) is 33.5 Å². The highest BCUT2D eigenvalue weighted by Crippen LogP contribution is 2.44. The van der Waals surface area contributed by atoms with Gasteiger partial charge >= 0.3 is 11.9 Å². The maximum Gasteiger partial charge on any atom is 0.336 e. The minimum absolute atomic E-state index is 0.00210. The first-order chi connectivity index (χ1) is 12.3. The van der Waals surface area contributed by atoms with Crippen LogP contribution < -0.4 is 10.1 Å². The molecule has 140 valence electrons. The minimum atomic E-state index is -0.878. The molecule has 1 heterocycles. The van der Waals surface area contributed by atoms with E-state index in [0.29, 0.717) is 17.0 Å². The number of methoxy groups -OCH3 is 3. The number of hydrogen-bond acceptors (Lipinski definition) is 8. The molecular weight excluding hydrogens is 342 g/mol. The highest BCUT2D eigenvalue weighted by molar-refractivity contribution is 5.99. The van der Waals surface area contributed by atoms with E-state index >= 15 is 0 Å². The summed E-state index contributed by atoms with van der Waals surface area (Å²) in [7, 11) is 3.79. The number of allylic oxidation sites excluding steroid dienone is 2. The number of esters is 2. The van der Waals surface area contributed by atoms with Gasteiger partial charge in [-0.05, 0) is 31.5 Å². The van der Waals surface area contributed by atoms with Crippen molar-refractivity contribution in [2.75, 3.05) is 21.3 Å². The van der Waals surface area contributed by atoms with Gasteiger partial charge < -0.3 is 29.7 Å². The van der Waals surface area contributed by atoms with E-state index in [4.69, 9.17) is 14.2 Å². The van der Waals surface area contributed by atoms with Crippen molar-refractivity contribution >= 4 is 11.9 Å². The largest absolute Gasteiger partial charge is 0.504 e. The Balaban J connectivity index is 2.79. The number of benzene rings is 1. The smallest absolute Gasteiger partial charge is 0.336 e. The van der Waals surface area contributed by atoms with Crippen molar-refractivity contribution in [3.05, 3.63) is 40.2 Å². The first-order valence-electron chi connectivity index (χ1n) is 7.71. The average molecular weight is 363 g/mol. The van der Waals surface area contributed by atoms with Gasteiger partial charge in [-0.15, -0.1) is 0 Å². The molecule has 0 saturated heterocycles. The lowest BCUT2D eigenvalue weighted by Gasteiger charge is -2.30. The van der Waals surface area contributed by atoms with Crippen molar-refractivity contribution in [1.82, 2.24) is 5.32 Å². The molecule has 0 unspecified atom stereocenters. The molecule has 1 aliphatic heterocycles. The van der Waals surface area contributed by atoms with Crippen LogP contribution in [0.1, 0.15) is 25.3 Å². The van der Waals surface area contributed by atoms with Crippen LogP contribution in [0.5, 0.6) is 17.2 Å². The highest BCUT2D eigenvalue weighted by atomic mass is 16.5. The van der Waals surface area contributed by atoms with E-state index in [9.17, 15) is 19.8 Å². The Morgan fingerprint density at radius 2 is 1.46 bits per heavy atom. The van der Waals surface area contributed by atoms with Crippen molar-refractivity contribution in [3.8, 4) is 17.2 Å². The summed E-state index contributed by atoms with van der Waals surface area (Å²) in [4.78, 5) is 24.8. The molecule has 0 amide bonds. The molecule has 26 heavy (non-hydrogen) atoms. The summed E-state index contributed by atoms with van der Waals surface area (Å²) in [5.74, 6) is -3.04. The molecular formula is C18H21NO7. The Bertz CT molecular complexity index is 785. The Hall–Kier alpha value is -3.16. The standard InChI is InChI=1S/C18H21NO7/c1-8-13(17(22)25-4)15(14(9(2)19-8)18(23)26-5)10-6-11(20)16(21)12(7-10)24-3/h6-7,15,19-21H,1-5H3. The van der Waals surface area contributed by atoms with Gasteiger partial charge in [0.1, 0.15) is 0 Å². The van der Waals surface area contributed by atoms with Crippen molar-refractivity contribution in [3.63, 3.8) is 0 Å². The molecule has 8 nitrogen and oxygen atoms in total. The van der Waals surface area contributed by atoms with Crippen molar-refractivity contribution in [1.29, 1.82) is 0 Å². The normalized spacial score (nSPS) is 14.8. The first kappa shape index (κ1) is 19.2. The van der Waals surface area contributed by atoms with Gasteiger partial charge in [-0.2, -0.15) is 0 Å². The zero-order chi connectivity index (χ0) is 19.6. The number of hydrogen-bond donors (Lipinski definition) is 3. The number of aromatic hydroxyl groups is 2. The molecule has 0 fully saturated rings. The predicted octanol–water partition coefficient (Wildman–Crippen LogP) is 1.69. The molecule has 2 rings (SSSR count). The van der Waals surface area contributed by atoms with E-state index in [2.05, 4.69) is 5.32 Å². The molecule has 8 heteroatoms. The van der Waals surface area contributed by atoms with E-state index in [-0.39, 0.29) is 16.9 Å². The van der Waals surface area contributed by atoms with Crippen LogP contribution in [0.2, 0.25) is 0 Å². The van der Waals surface area contributed by atoms with E-state index in [0.717, 1.165) is 0 Å². The second-order valence-corrected chi connectivity index (χ2v) is 5.71. The molecule has 0 bridgehead atoms. The molecule has 1 aliphatic rings. The quantitative estimate of drug-likeness (QED) is 0.547. The molecule has 1 aromatic rings. The van der Waals surface area contributed by atoms with Crippen LogP contribution in [0.15, 0.2) is 34.7 Å². The van der Waals surface area contributed by atoms with Crippen molar-refractivity contribution in [2.45, 2.75) is 19.8 Å². The molecule has 0 spiro atoms. The molecule has 0 aliphatic carbocycles. The van der Waals surface area contributed by atoms with Crippen LogP contribution in [-0.2, 0) is 19.1 Å². The molecule has 0 radical (unpaired) electrons. The average Bonchev–Trinajstić information content (AvgIpc) is 2.62. The number of carbonyl (C=O) groups is 2. The molecule has 1 aromatic carbocycles. The summed E-state index contributed by atoms with van der Waals surface area (Å²) in [6.45, 7) is 3.35. The molecule has 3 N–H and O–H groups in total. The number of carbonyl (C=O) groups excluding carboxylic acids is 2. The SMILES string of the molecule is COC(=O)C1=C(C)NC(C)=C(C(=O)OC)C1c1cc(O)c(O)c(OC)c1. The Morgan fingerprint density at radius 3 is 1.88 bits per heavy atom. The summed E-state index contributed by atoms with van der Waals surface area (Å²) >= 11 is 0. The molecule has 0 saturated carbocycles. The molecule has 0 aromatic heterocycles. The van der Waals surface area contributed by atoms with Gasteiger partial charge in [0.25, 0.3) is 0 Å². The Morgan fingerprint density at radius 1 is 0.962 bits per heavy atom. The summed E-state index contributed by atoms with van der Waals surface area (Å²) in [6, 6.07) is 2.71. The third-order valence-corrected chi connectivity index (χ3v) is 4.20. The zero-order valence-corrected chi connectivity index (χ0v) is 15.2. The zero-order valence-electron chi connectivity index (χ0n) is 15.2. The van der Waals surface area contributed by atoms with E-state index in [1.54, 1.807) is 13.8 Å². The van der Waals surface area contributed by atoms with Gasteiger partial charge in [0.05, 0.1) is 38.4 Å². The lowest BCUT2D eigenvalue weighted by molar-refractivity contribution is -0.137.